The smallest absolute Gasteiger partial charge is 0.337 e. The highest BCUT2D eigenvalue weighted by Crippen LogP contribution is 2.34. The van der Waals surface area contributed by atoms with E-state index in [2.05, 4.69) is 12.1 Å². The van der Waals surface area contributed by atoms with E-state index in [1.165, 1.54) is 23.6 Å². The van der Waals surface area contributed by atoms with Crippen LogP contribution in [0, 0.1) is 5.92 Å². The van der Waals surface area contributed by atoms with E-state index in [0.29, 0.717) is 24.2 Å². The summed E-state index contributed by atoms with van der Waals surface area (Å²) in [6.07, 6.45) is 3.61. The van der Waals surface area contributed by atoms with Crippen LogP contribution in [0.25, 0.3) is 10.8 Å². The number of hydrogen-bond acceptors (Lipinski definition) is 4. The van der Waals surface area contributed by atoms with E-state index in [0.717, 1.165) is 36.6 Å². The van der Waals surface area contributed by atoms with E-state index in [1.54, 1.807) is 29.2 Å². The first-order valence-electron chi connectivity index (χ1n) is 11.1. The van der Waals surface area contributed by atoms with Crippen LogP contribution in [0.15, 0.2) is 54.6 Å². The Balaban J connectivity index is 1.39. The molecule has 1 unspecified atom stereocenters. The Morgan fingerprint density at radius 2 is 1.69 bits per heavy atom. The Morgan fingerprint density at radius 3 is 2.50 bits per heavy atom. The number of hydrogen-bond donors (Lipinski definition) is 0. The van der Waals surface area contributed by atoms with Gasteiger partial charge in [0.15, 0.2) is 5.78 Å². The number of rotatable bonds is 4. The number of nitrogens with zero attached hydrogens (tertiary/aromatic N) is 1. The maximum absolute atomic E-state index is 13.5. The van der Waals surface area contributed by atoms with Crippen molar-refractivity contribution in [2.45, 2.75) is 25.7 Å². The van der Waals surface area contributed by atoms with Crippen LogP contribution in [0.4, 0.5) is 0 Å². The van der Waals surface area contributed by atoms with Gasteiger partial charge in [-0.05, 0) is 65.8 Å². The van der Waals surface area contributed by atoms with Crippen molar-refractivity contribution in [2.24, 2.45) is 5.92 Å². The second kappa shape index (κ2) is 8.23. The first-order valence-corrected chi connectivity index (χ1v) is 11.1. The van der Waals surface area contributed by atoms with Gasteiger partial charge in [-0.15, -0.1) is 0 Å². The average Bonchev–Trinajstić information content (AvgIpc) is 3.28. The van der Waals surface area contributed by atoms with Gasteiger partial charge in [0, 0.05) is 30.1 Å². The number of piperidine rings is 1. The number of esters is 1. The lowest BCUT2D eigenvalue weighted by atomic mass is 9.87. The van der Waals surface area contributed by atoms with Gasteiger partial charge in [0.2, 0.25) is 0 Å². The Morgan fingerprint density at radius 1 is 0.938 bits per heavy atom. The van der Waals surface area contributed by atoms with E-state index < -0.39 is 5.97 Å². The van der Waals surface area contributed by atoms with Crippen LogP contribution in [0.5, 0.6) is 0 Å². The van der Waals surface area contributed by atoms with E-state index in [9.17, 15) is 14.4 Å². The normalized spacial score (nSPS) is 17.4. The average molecular weight is 428 g/mol. The molecule has 1 fully saturated rings. The Labute approximate surface area is 187 Å². The van der Waals surface area contributed by atoms with Crippen molar-refractivity contribution in [1.29, 1.82) is 0 Å². The number of aryl methyl sites for hydroxylation is 2. The van der Waals surface area contributed by atoms with Gasteiger partial charge in [0.25, 0.3) is 5.91 Å². The van der Waals surface area contributed by atoms with Gasteiger partial charge >= 0.3 is 5.97 Å². The number of carbonyl (C=O) groups is 3. The summed E-state index contributed by atoms with van der Waals surface area (Å²) in [7, 11) is 1.32. The first-order chi connectivity index (χ1) is 15.6. The lowest BCUT2D eigenvalue weighted by Gasteiger charge is -2.32. The Kier molecular flexibility index (Phi) is 5.25. The molecule has 0 radical (unpaired) electrons. The second-order valence-corrected chi connectivity index (χ2v) is 8.64. The fourth-order valence-corrected chi connectivity index (χ4v) is 5.14. The van der Waals surface area contributed by atoms with Crippen LogP contribution in [0.3, 0.4) is 0 Å². The van der Waals surface area contributed by atoms with Crippen LogP contribution < -0.4 is 0 Å². The third-order valence-corrected chi connectivity index (χ3v) is 6.75. The largest absolute Gasteiger partial charge is 0.465 e. The summed E-state index contributed by atoms with van der Waals surface area (Å²) in [5.41, 5.74) is 4.18. The molecule has 1 aliphatic carbocycles. The predicted octanol–water partition coefficient (Wildman–Crippen LogP) is 4.46. The molecule has 0 N–H and O–H groups in total. The molecule has 5 heteroatoms. The van der Waals surface area contributed by atoms with Crippen LogP contribution in [-0.4, -0.2) is 42.8 Å². The summed E-state index contributed by atoms with van der Waals surface area (Å²) in [6.45, 7) is 0.998. The molecule has 2 aliphatic rings. The molecule has 32 heavy (non-hydrogen) atoms. The summed E-state index contributed by atoms with van der Waals surface area (Å²) in [4.78, 5) is 40.3. The molecule has 1 amide bonds. The van der Waals surface area contributed by atoms with E-state index >= 15 is 0 Å². The molecule has 0 saturated carbocycles. The lowest BCUT2D eigenvalue weighted by Crippen LogP contribution is -2.42. The Bertz CT molecular complexity index is 1240. The fraction of sp³-hybridized carbons (Fsp3) is 0.296. The van der Waals surface area contributed by atoms with Crippen molar-refractivity contribution in [3.8, 4) is 0 Å². The van der Waals surface area contributed by atoms with Gasteiger partial charge in [0.05, 0.1) is 12.7 Å². The summed E-state index contributed by atoms with van der Waals surface area (Å²) in [5.74, 6) is -0.747. The quantitative estimate of drug-likeness (QED) is 0.456. The van der Waals surface area contributed by atoms with Crippen LogP contribution in [0.1, 0.15) is 55.0 Å². The molecule has 3 aromatic carbocycles. The highest BCUT2D eigenvalue weighted by molar-refractivity contribution is 6.11. The number of amides is 1. The minimum absolute atomic E-state index is 0.112. The molecule has 1 atom stereocenters. The van der Waals surface area contributed by atoms with Crippen molar-refractivity contribution in [2.75, 3.05) is 20.2 Å². The minimum Gasteiger partial charge on any atom is -0.465 e. The van der Waals surface area contributed by atoms with Gasteiger partial charge in [0.1, 0.15) is 0 Å². The zero-order valence-corrected chi connectivity index (χ0v) is 18.1. The number of likely N-dealkylation sites (tertiary alicyclic amines) is 1. The highest BCUT2D eigenvalue weighted by Gasteiger charge is 2.31. The van der Waals surface area contributed by atoms with E-state index in [4.69, 9.17) is 4.74 Å². The minimum atomic E-state index is -0.474. The molecule has 0 spiro atoms. The second-order valence-electron chi connectivity index (χ2n) is 8.64. The predicted molar refractivity (Wildman–Crippen MR) is 122 cm³/mol. The van der Waals surface area contributed by atoms with E-state index in [1.807, 2.05) is 18.2 Å². The molecule has 1 aliphatic heterocycles. The molecule has 162 valence electrons. The Hall–Kier alpha value is -3.47. The van der Waals surface area contributed by atoms with Crippen LogP contribution in [0.2, 0.25) is 0 Å². The van der Waals surface area contributed by atoms with Gasteiger partial charge in [-0.3, -0.25) is 9.59 Å². The number of Topliss-reactive ketones (excluding diaryl/α,β-unsaturated/α-hetero) is 1. The van der Waals surface area contributed by atoms with E-state index in [-0.39, 0.29) is 17.6 Å². The molecule has 1 saturated heterocycles. The van der Waals surface area contributed by atoms with Crippen molar-refractivity contribution in [1.82, 2.24) is 4.90 Å². The van der Waals surface area contributed by atoms with Crippen LogP contribution >= 0.6 is 0 Å². The van der Waals surface area contributed by atoms with Gasteiger partial charge in [-0.25, -0.2) is 4.79 Å². The third kappa shape index (κ3) is 3.48. The van der Waals surface area contributed by atoms with Crippen molar-refractivity contribution in [3.05, 3.63) is 82.4 Å². The SMILES string of the molecule is COC(=O)c1cccc(C(=O)N2CCCC(C(=O)c3ccc4c5c(cccc35)CC4)C2)c1. The summed E-state index contributed by atoms with van der Waals surface area (Å²) in [5, 5.41) is 2.28. The molecule has 0 bridgehead atoms. The zero-order valence-electron chi connectivity index (χ0n) is 18.1. The maximum Gasteiger partial charge on any atom is 0.337 e. The third-order valence-electron chi connectivity index (χ3n) is 6.75. The van der Waals surface area contributed by atoms with Gasteiger partial charge in [-0.2, -0.15) is 0 Å². The van der Waals surface area contributed by atoms with Crippen molar-refractivity contribution >= 4 is 28.4 Å². The summed E-state index contributed by atoms with van der Waals surface area (Å²) >= 11 is 0. The zero-order chi connectivity index (χ0) is 22.2. The summed E-state index contributed by atoms with van der Waals surface area (Å²) in [6, 6.07) is 16.9. The number of methoxy groups -OCH3 is 1. The summed E-state index contributed by atoms with van der Waals surface area (Å²) < 4.78 is 4.76. The number of carbonyl (C=O) groups excluding carboxylic acids is 3. The highest BCUT2D eigenvalue weighted by atomic mass is 16.5. The monoisotopic (exact) mass is 427 g/mol. The van der Waals surface area contributed by atoms with Crippen LogP contribution in [-0.2, 0) is 17.6 Å². The van der Waals surface area contributed by atoms with Crippen molar-refractivity contribution in [3.63, 3.8) is 0 Å². The molecular weight excluding hydrogens is 402 g/mol. The van der Waals surface area contributed by atoms with Gasteiger partial charge in [-0.1, -0.05) is 36.4 Å². The number of ether oxygens (including phenoxy) is 1. The standard InChI is InChI=1S/C27H25NO4/c1-32-27(31)20-7-2-6-19(15-20)26(30)28-14-4-8-21(16-28)25(29)23-13-12-18-11-10-17-5-3-9-22(23)24(17)18/h2-3,5-7,9,12-13,15,21H,4,8,10-11,14,16H2,1H3. The van der Waals surface area contributed by atoms with Gasteiger partial charge < -0.3 is 9.64 Å². The first kappa shape index (κ1) is 20.4. The topological polar surface area (TPSA) is 63.7 Å². The van der Waals surface area contributed by atoms with Crippen molar-refractivity contribution < 1.29 is 19.1 Å². The molecule has 5 rings (SSSR count). The molecular formula is C27H25NO4. The molecule has 5 nitrogen and oxygen atoms in total. The molecule has 0 aromatic heterocycles. The molecule has 1 heterocycles. The fourth-order valence-electron chi connectivity index (χ4n) is 5.14. The number of ketones is 1. The number of benzene rings is 3. The maximum atomic E-state index is 13.5. The molecule has 3 aromatic rings. The lowest BCUT2D eigenvalue weighted by molar-refractivity contribution is 0.0600.